The van der Waals surface area contributed by atoms with E-state index in [9.17, 15) is 4.79 Å². The predicted molar refractivity (Wildman–Crippen MR) is 180 cm³/mol. The average molecular weight is 652 g/mol. The summed E-state index contributed by atoms with van der Waals surface area (Å²) in [7, 11) is 3.28. The van der Waals surface area contributed by atoms with E-state index in [1.807, 2.05) is 66.0 Å². The van der Waals surface area contributed by atoms with Crippen molar-refractivity contribution < 1.29 is 28.5 Å². The first-order valence-corrected chi connectivity index (χ1v) is 16.2. The molecule has 0 saturated carbocycles. The molecule has 5 aromatic rings. The number of nitrogens with one attached hydrogen (secondary N) is 1. The molecular formula is C37H37N3O6S. The van der Waals surface area contributed by atoms with Crippen LogP contribution in [0.15, 0.2) is 96.4 Å². The zero-order valence-corrected chi connectivity index (χ0v) is 27.3. The van der Waals surface area contributed by atoms with E-state index >= 15 is 0 Å². The van der Waals surface area contributed by atoms with E-state index in [0.717, 1.165) is 46.0 Å². The highest BCUT2D eigenvalue weighted by molar-refractivity contribution is 7.09. The SMILES string of the molecule is COc1ccc(CCN(Cc2ccc(OCc3ccccc3)cc2)Cc2nc(C(=O)NCc3ccc4c(c3)OCO4)cs2)cc1OC. The van der Waals surface area contributed by atoms with Gasteiger partial charge in [0, 0.05) is 25.0 Å². The van der Waals surface area contributed by atoms with Crippen molar-refractivity contribution in [1.29, 1.82) is 0 Å². The Morgan fingerprint density at radius 3 is 2.40 bits per heavy atom. The summed E-state index contributed by atoms with van der Waals surface area (Å²) in [5.41, 5.74) is 4.76. The zero-order chi connectivity index (χ0) is 32.4. The molecule has 1 aliphatic heterocycles. The molecule has 4 aromatic carbocycles. The van der Waals surface area contributed by atoms with Gasteiger partial charge in [0.25, 0.3) is 5.91 Å². The van der Waals surface area contributed by atoms with Crippen LogP contribution in [0.3, 0.4) is 0 Å². The Balaban J connectivity index is 1.10. The molecule has 0 spiro atoms. The first-order valence-electron chi connectivity index (χ1n) is 15.4. The van der Waals surface area contributed by atoms with Crippen LogP contribution in [-0.2, 0) is 32.7 Å². The number of hydrogen-bond donors (Lipinski definition) is 1. The molecule has 0 aliphatic carbocycles. The minimum Gasteiger partial charge on any atom is -0.493 e. The van der Waals surface area contributed by atoms with Crippen molar-refractivity contribution >= 4 is 17.2 Å². The summed E-state index contributed by atoms with van der Waals surface area (Å²) in [6.07, 6.45) is 0.798. The number of nitrogens with zero attached hydrogens (tertiary/aromatic N) is 2. The second kappa shape index (κ2) is 15.5. The molecule has 1 aliphatic rings. The van der Waals surface area contributed by atoms with E-state index in [4.69, 9.17) is 28.7 Å². The van der Waals surface area contributed by atoms with Crippen LogP contribution in [0, 0.1) is 0 Å². The van der Waals surface area contributed by atoms with E-state index in [0.29, 0.717) is 54.9 Å². The lowest BCUT2D eigenvalue weighted by molar-refractivity contribution is 0.0946. The van der Waals surface area contributed by atoms with Gasteiger partial charge in [-0.3, -0.25) is 9.69 Å². The molecule has 6 rings (SSSR count). The highest BCUT2D eigenvalue weighted by Crippen LogP contribution is 2.32. The standard InChI is InChI=1S/C37H37N3O6S/c1-42-32-14-10-26(18-34(32)43-2)16-17-40(21-27-8-12-30(13-9-27)44-23-28-6-4-3-5-7-28)22-36-39-31(24-47-36)37(41)38-20-29-11-15-33-35(19-29)46-25-45-33/h3-15,18-19,24H,16-17,20-23,25H2,1-2H3,(H,38,41). The zero-order valence-electron chi connectivity index (χ0n) is 26.4. The van der Waals surface area contributed by atoms with Crippen molar-refractivity contribution in [2.45, 2.75) is 32.7 Å². The van der Waals surface area contributed by atoms with Crippen LogP contribution in [0.5, 0.6) is 28.7 Å². The van der Waals surface area contributed by atoms with Crippen molar-refractivity contribution in [2.24, 2.45) is 0 Å². The third-order valence-electron chi connectivity index (χ3n) is 7.78. The van der Waals surface area contributed by atoms with E-state index in [2.05, 4.69) is 40.5 Å². The molecule has 0 unspecified atom stereocenters. The predicted octanol–water partition coefficient (Wildman–Crippen LogP) is 6.64. The van der Waals surface area contributed by atoms with Gasteiger partial charge in [0.05, 0.1) is 20.8 Å². The normalized spacial score (nSPS) is 11.8. The molecule has 0 saturated heterocycles. The van der Waals surface area contributed by atoms with E-state index < -0.39 is 0 Å². The van der Waals surface area contributed by atoms with Crippen molar-refractivity contribution in [1.82, 2.24) is 15.2 Å². The molecule has 10 heteroatoms. The molecule has 242 valence electrons. The van der Waals surface area contributed by atoms with E-state index in [1.165, 1.54) is 11.3 Å². The summed E-state index contributed by atoms with van der Waals surface area (Å²) in [5.74, 6) is 3.43. The number of carbonyl (C=O) groups is 1. The average Bonchev–Trinajstić information content (AvgIpc) is 3.79. The van der Waals surface area contributed by atoms with Crippen LogP contribution in [0.25, 0.3) is 0 Å². The van der Waals surface area contributed by atoms with Gasteiger partial charge in [0.15, 0.2) is 23.0 Å². The molecule has 1 amide bonds. The number of thiazole rings is 1. The number of ether oxygens (including phenoxy) is 5. The van der Waals surface area contributed by atoms with Gasteiger partial charge in [-0.15, -0.1) is 11.3 Å². The maximum Gasteiger partial charge on any atom is 0.271 e. The molecule has 1 N–H and O–H groups in total. The molecule has 2 heterocycles. The number of methoxy groups -OCH3 is 2. The van der Waals surface area contributed by atoms with Crippen molar-refractivity contribution in [3.05, 3.63) is 129 Å². The Labute approximate surface area is 278 Å². The monoisotopic (exact) mass is 651 g/mol. The topological polar surface area (TPSA) is 91.4 Å². The Kier molecular flexibility index (Phi) is 10.5. The maximum atomic E-state index is 13.0. The van der Waals surface area contributed by atoms with E-state index in [1.54, 1.807) is 14.2 Å². The largest absolute Gasteiger partial charge is 0.493 e. The third kappa shape index (κ3) is 8.60. The number of hydrogen-bond acceptors (Lipinski definition) is 9. The molecule has 1 aromatic heterocycles. The quantitative estimate of drug-likeness (QED) is 0.135. The molecule has 0 atom stereocenters. The van der Waals surface area contributed by atoms with Gasteiger partial charge in [-0.25, -0.2) is 4.98 Å². The lowest BCUT2D eigenvalue weighted by Crippen LogP contribution is -2.26. The van der Waals surface area contributed by atoms with Gasteiger partial charge in [-0.2, -0.15) is 0 Å². The molecule has 0 bridgehead atoms. The Bertz CT molecular complexity index is 1780. The fraction of sp³-hybridized carbons (Fsp3) is 0.243. The Morgan fingerprint density at radius 2 is 1.60 bits per heavy atom. The molecular weight excluding hydrogens is 614 g/mol. The first kappa shape index (κ1) is 31.9. The highest BCUT2D eigenvalue weighted by Gasteiger charge is 2.17. The number of fused-ring (bicyclic) bond motifs is 1. The van der Waals surface area contributed by atoms with Crippen LogP contribution in [-0.4, -0.2) is 43.3 Å². The minimum absolute atomic E-state index is 0.215. The third-order valence-corrected chi connectivity index (χ3v) is 8.61. The number of amides is 1. The molecule has 9 nitrogen and oxygen atoms in total. The van der Waals surface area contributed by atoms with Crippen molar-refractivity contribution in [3.8, 4) is 28.7 Å². The Morgan fingerprint density at radius 1 is 0.830 bits per heavy atom. The lowest BCUT2D eigenvalue weighted by Gasteiger charge is -2.22. The van der Waals surface area contributed by atoms with E-state index in [-0.39, 0.29) is 12.7 Å². The Hall–Kier alpha value is -5.06. The fourth-order valence-electron chi connectivity index (χ4n) is 5.23. The van der Waals surface area contributed by atoms with Gasteiger partial charge < -0.3 is 29.0 Å². The highest BCUT2D eigenvalue weighted by atomic mass is 32.1. The van der Waals surface area contributed by atoms with Crippen LogP contribution >= 0.6 is 11.3 Å². The second-order valence-corrected chi connectivity index (χ2v) is 12.0. The lowest BCUT2D eigenvalue weighted by atomic mass is 10.1. The number of benzene rings is 4. The van der Waals surface area contributed by atoms with Crippen LogP contribution in [0.1, 0.15) is 37.7 Å². The maximum absolute atomic E-state index is 13.0. The number of aromatic nitrogens is 1. The van der Waals surface area contributed by atoms with Crippen LogP contribution in [0.4, 0.5) is 0 Å². The van der Waals surface area contributed by atoms with Gasteiger partial charge >= 0.3 is 0 Å². The van der Waals surface area contributed by atoms with Gasteiger partial charge in [0.2, 0.25) is 6.79 Å². The molecule has 47 heavy (non-hydrogen) atoms. The summed E-state index contributed by atoms with van der Waals surface area (Å²) >= 11 is 1.49. The summed E-state index contributed by atoms with van der Waals surface area (Å²) < 4.78 is 27.7. The minimum atomic E-state index is -0.215. The second-order valence-electron chi connectivity index (χ2n) is 11.1. The van der Waals surface area contributed by atoms with Gasteiger partial charge in [0.1, 0.15) is 23.1 Å². The molecule has 0 fully saturated rings. The van der Waals surface area contributed by atoms with Crippen molar-refractivity contribution in [2.75, 3.05) is 27.6 Å². The number of rotatable bonds is 15. The smallest absolute Gasteiger partial charge is 0.271 e. The summed E-state index contributed by atoms with van der Waals surface area (Å²) in [6, 6.07) is 30.0. The summed E-state index contributed by atoms with van der Waals surface area (Å²) in [5, 5.41) is 5.65. The summed E-state index contributed by atoms with van der Waals surface area (Å²) in [4.78, 5) is 20.0. The van der Waals surface area contributed by atoms with Gasteiger partial charge in [-0.1, -0.05) is 54.6 Å². The fourth-order valence-corrected chi connectivity index (χ4v) is 6.05. The number of carbonyl (C=O) groups excluding carboxylic acids is 1. The molecule has 0 radical (unpaired) electrons. The first-order chi connectivity index (χ1) is 23.1. The van der Waals surface area contributed by atoms with Crippen LogP contribution < -0.4 is 29.0 Å². The summed E-state index contributed by atoms with van der Waals surface area (Å²) in [6.45, 7) is 3.18. The van der Waals surface area contributed by atoms with Crippen molar-refractivity contribution in [3.63, 3.8) is 0 Å². The van der Waals surface area contributed by atoms with Crippen LogP contribution in [0.2, 0.25) is 0 Å². The van der Waals surface area contributed by atoms with Gasteiger partial charge in [-0.05, 0) is 65.1 Å².